The van der Waals surface area contributed by atoms with Crippen LogP contribution in [0, 0.1) is 6.92 Å². The summed E-state index contributed by atoms with van der Waals surface area (Å²) in [4.78, 5) is 7.02. The molecule has 1 aromatic heterocycles. The lowest BCUT2D eigenvalue weighted by atomic mass is 10.1. The Bertz CT molecular complexity index is 582. The van der Waals surface area contributed by atoms with E-state index >= 15 is 0 Å². The molecule has 2 rings (SSSR count). The minimum Gasteiger partial charge on any atom is -0.218 e. The maximum Gasteiger partial charge on any atom is 0.433 e. The van der Waals surface area contributed by atoms with E-state index in [1.165, 1.54) is 0 Å². The van der Waals surface area contributed by atoms with E-state index in [1.807, 2.05) is 0 Å². The first-order valence-electron chi connectivity index (χ1n) is 5.06. The third-order valence-corrected chi connectivity index (χ3v) is 2.58. The number of rotatable bonds is 1. The zero-order valence-electron chi connectivity index (χ0n) is 9.29. The summed E-state index contributed by atoms with van der Waals surface area (Å²) in [6.45, 7) is 1.79. The van der Waals surface area contributed by atoms with Crippen LogP contribution < -0.4 is 0 Å². The van der Waals surface area contributed by atoms with Gasteiger partial charge in [-0.2, -0.15) is 13.2 Å². The van der Waals surface area contributed by atoms with Crippen molar-refractivity contribution in [3.8, 4) is 11.3 Å². The highest BCUT2D eigenvalue weighted by molar-refractivity contribution is 6.28. The van der Waals surface area contributed by atoms with E-state index in [0.717, 1.165) is 11.6 Å². The molecule has 2 nitrogen and oxygen atoms in total. The second-order valence-corrected chi connectivity index (χ2v) is 4.06. The quantitative estimate of drug-likeness (QED) is 0.730. The van der Waals surface area contributed by atoms with Crippen molar-refractivity contribution in [2.24, 2.45) is 0 Å². The molecule has 0 N–H and O–H groups in total. The van der Waals surface area contributed by atoms with Gasteiger partial charge in [-0.1, -0.05) is 24.3 Å². The van der Waals surface area contributed by atoms with Gasteiger partial charge in [0.2, 0.25) is 5.28 Å². The van der Waals surface area contributed by atoms with Gasteiger partial charge in [-0.15, -0.1) is 0 Å². The Morgan fingerprint density at radius 3 is 2.39 bits per heavy atom. The SMILES string of the molecule is Cc1ccccc1-c1cc(C(F)(F)F)nc(Cl)n1. The first-order chi connectivity index (χ1) is 8.38. The first kappa shape index (κ1) is 12.8. The number of aromatic nitrogens is 2. The lowest BCUT2D eigenvalue weighted by Crippen LogP contribution is -2.09. The number of benzene rings is 1. The van der Waals surface area contributed by atoms with E-state index in [1.54, 1.807) is 31.2 Å². The highest BCUT2D eigenvalue weighted by atomic mass is 35.5. The number of hydrogen-bond acceptors (Lipinski definition) is 2. The van der Waals surface area contributed by atoms with Crippen LogP contribution in [0.25, 0.3) is 11.3 Å². The predicted octanol–water partition coefficient (Wildman–Crippen LogP) is 4.12. The molecule has 0 atom stereocenters. The van der Waals surface area contributed by atoms with Crippen molar-refractivity contribution in [2.45, 2.75) is 13.1 Å². The second-order valence-electron chi connectivity index (χ2n) is 3.72. The van der Waals surface area contributed by atoms with Crippen LogP contribution in [0.15, 0.2) is 30.3 Å². The normalized spacial score (nSPS) is 11.6. The molecule has 0 amide bonds. The third kappa shape index (κ3) is 2.61. The Hall–Kier alpha value is -1.62. The fraction of sp³-hybridized carbons (Fsp3) is 0.167. The monoisotopic (exact) mass is 272 g/mol. The van der Waals surface area contributed by atoms with Crippen LogP contribution in [0.4, 0.5) is 13.2 Å². The van der Waals surface area contributed by atoms with Crippen LogP contribution in [0.2, 0.25) is 5.28 Å². The maximum absolute atomic E-state index is 12.6. The van der Waals surface area contributed by atoms with Crippen LogP contribution in [-0.4, -0.2) is 9.97 Å². The highest BCUT2D eigenvalue weighted by Gasteiger charge is 2.33. The van der Waals surface area contributed by atoms with E-state index in [0.29, 0.717) is 5.56 Å². The van der Waals surface area contributed by atoms with Crippen LogP contribution in [0.5, 0.6) is 0 Å². The molecule has 0 aliphatic heterocycles. The maximum atomic E-state index is 12.6. The van der Waals surface area contributed by atoms with Gasteiger partial charge in [0.15, 0.2) is 0 Å². The summed E-state index contributed by atoms with van der Waals surface area (Å²) in [5.41, 5.74) is 0.550. The molecule has 0 fully saturated rings. The second kappa shape index (κ2) is 4.57. The van der Waals surface area contributed by atoms with Gasteiger partial charge in [-0.25, -0.2) is 9.97 Å². The van der Waals surface area contributed by atoms with Crippen LogP contribution >= 0.6 is 11.6 Å². The summed E-state index contributed by atoms with van der Waals surface area (Å²) in [6, 6.07) is 7.90. The largest absolute Gasteiger partial charge is 0.433 e. The van der Waals surface area contributed by atoms with Crippen molar-refractivity contribution in [1.82, 2.24) is 9.97 Å². The van der Waals surface area contributed by atoms with Crippen molar-refractivity contribution in [2.75, 3.05) is 0 Å². The fourth-order valence-corrected chi connectivity index (χ4v) is 1.74. The zero-order chi connectivity index (χ0) is 13.3. The van der Waals surface area contributed by atoms with Gasteiger partial charge in [0.05, 0.1) is 5.69 Å². The van der Waals surface area contributed by atoms with Gasteiger partial charge < -0.3 is 0 Å². The number of hydrogen-bond donors (Lipinski definition) is 0. The van der Waals surface area contributed by atoms with E-state index in [2.05, 4.69) is 9.97 Å². The standard InChI is InChI=1S/C12H8ClF3N2/c1-7-4-2-3-5-8(7)9-6-10(12(14,15)16)18-11(13)17-9/h2-6H,1H3. The molecule has 0 saturated carbocycles. The minimum atomic E-state index is -4.54. The molecular weight excluding hydrogens is 265 g/mol. The van der Waals surface area contributed by atoms with Crippen molar-refractivity contribution in [3.05, 3.63) is 46.9 Å². The van der Waals surface area contributed by atoms with E-state index < -0.39 is 17.2 Å². The molecule has 18 heavy (non-hydrogen) atoms. The smallest absolute Gasteiger partial charge is 0.218 e. The Morgan fingerprint density at radius 1 is 1.11 bits per heavy atom. The summed E-state index contributed by atoms with van der Waals surface area (Å²) in [7, 11) is 0. The topological polar surface area (TPSA) is 25.8 Å². The molecule has 1 heterocycles. The number of aryl methyl sites for hydroxylation is 1. The molecule has 1 aromatic carbocycles. The number of alkyl halides is 3. The Kier molecular flexibility index (Phi) is 3.26. The van der Waals surface area contributed by atoms with E-state index in [9.17, 15) is 13.2 Å². The molecule has 0 saturated heterocycles. The average Bonchev–Trinajstić information content (AvgIpc) is 2.27. The van der Waals surface area contributed by atoms with Crippen LogP contribution in [0.1, 0.15) is 11.3 Å². The Morgan fingerprint density at radius 2 is 1.78 bits per heavy atom. The first-order valence-corrected chi connectivity index (χ1v) is 5.43. The average molecular weight is 273 g/mol. The van der Waals surface area contributed by atoms with Crippen molar-refractivity contribution in [3.63, 3.8) is 0 Å². The third-order valence-electron chi connectivity index (χ3n) is 2.41. The molecule has 0 aliphatic rings. The van der Waals surface area contributed by atoms with Gasteiger partial charge in [-0.3, -0.25) is 0 Å². The van der Waals surface area contributed by atoms with Crippen molar-refractivity contribution < 1.29 is 13.2 Å². The molecule has 2 aromatic rings. The van der Waals surface area contributed by atoms with E-state index in [4.69, 9.17) is 11.6 Å². The molecule has 0 radical (unpaired) electrons. The summed E-state index contributed by atoms with van der Waals surface area (Å²) in [5, 5.41) is -0.414. The van der Waals surface area contributed by atoms with Crippen molar-refractivity contribution in [1.29, 1.82) is 0 Å². The Labute approximate surface area is 106 Å². The van der Waals surface area contributed by atoms with Gasteiger partial charge >= 0.3 is 6.18 Å². The zero-order valence-corrected chi connectivity index (χ0v) is 10.0. The van der Waals surface area contributed by atoms with E-state index in [-0.39, 0.29) is 5.69 Å². The molecule has 0 spiro atoms. The van der Waals surface area contributed by atoms with Crippen LogP contribution in [0.3, 0.4) is 0 Å². The van der Waals surface area contributed by atoms with Gasteiger partial charge in [-0.05, 0) is 30.2 Å². The lowest BCUT2D eigenvalue weighted by molar-refractivity contribution is -0.141. The van der Waals surface area contributed by atoms with Crippen molar-refractivity contribution >= 4 is 11.6 Å². The summed E-state index contributed by atoms with van der Waals surface area (Å²) in [5.74, 6) is 0. The lowest BCUT2D eigenvalue weighted by Gasteiger charge is -2.09. The predicted molar refractivity (Wildman–Crippen MR) is 62.2 cm³/mol. The highest BCUT2D eigenvalue weighted by Crippen LogP contribution is 2.31. The Balaban J connectivity index is 2.60. The van der Waals surface area contributed by atoms with Gasteiger partial charge in [0.1, 0.15) is 5.69 Å². The number of nitrogens with zero attached hydrogens (tertiary/aromatic N) is 2. The summed E-state index contributed by atoms with van der Waals surface area (Å²) < 4.78 is 37.8. The minimum absolute atomic E-state index is 0.167. The summed E-state index contributed by atoms with van der Waals surface area (Å²) in [6.07, 6.45) is -4.54. The molecular formula is C12H8ClF3N2. The molecule has 94 valence electrons. The molecule has 0 bridgehead atoms. The molecule has 6 heteroatoms. The van der Waals surface area contributed by atoms with Crippen LogP contribution in [-0.2, 0) is 6.18 Å². The number of halogens is 4. The van der Waals surface area contributed by atoms with Gasteiger partial charge in [0, 0.05) is 5.56 Å². The fourth-order valence-electron chi connectivity index (χ4n) is 1.56. The molecule has 0 aliphatic carbocycles. The summed E-state index contributed by atoms with van der Waals surface area (Å²) >= 11 is 5.54. The van der Waals surface area contributed by atoms with Gasteiger partial charge in [0.25, 0.3) is 0 Å². The molecule has 0 unspecified atom stereocenters.